The highest BCUT2D eigenvalue weighted by Gasteiger charge is 2.03. The van der Waals surface area contributed by atoms with Crippen molar-refractivity contribution in [1.82, 2.24) is 10.2 Å². The van der Waals surface area contributed by atoms with Gasteiger partial charge in [0, 0.05) is 24.3 Å². The van der Waals surface area contributed by atoms with Crippen molar-refractivity contribution in [3.8, 4) is 12.3 Å². The van der Waals surface area contributed by atoms with E-state index in [-0.39, 0.29) is 6.03 Å². The van der Waals surface area contributed by atoms with Gasteiger partial charge in [-0.2, -0.15) is 0 Å². The Balaban J connectivity index is 2.37. The molecule has 0 atom stereocenters. The van der Waals surface area contributed by atoms with Crippen LogP contribution in [0.5, 0.6) is 0 Å². The summed E-state index contributed by atoms with van der Waals surface area (Å²) in [7, 11) is 0. The van der Waals surface area contributed by atoms with Crippen LogP contribution in [0.1, 0.15) is 19.4 Å². The van der Waals surface area contributed by atoms with Gasteiger partial charge in [-0.1, -0.05) is 25.8 Å². The number of benzene rings is 1. The normalized spacial score (nSPS) is 10.0. The quantitative estimate of drug-likeness (QED) is 0.769. The zero-order chi connectivity index (χ0) is 14.1. The summed E-state index contributed by atoms with van der Waals surface area (Å²) in [6, 6.07) is 7.01. The van der Waals surface area contributed by atoms with E-state index >= 15 is 0 Å². The maximum atomic E-state index is 11.7. The number of hydrogen-bond acceptors (Lipinski definition) is 2. The molecule has 0 aliphatic rings. The first-order valence-corrected chi connectivity index (χ1v) is 6.53. The van der Waals surface area contributed by atoms with E-state index in [1.807, 2.05) is 18.2 Å². The van der Waals surface area contributed by atoms with Crippen LogP contribution >= 0.6 is 0 Å². The van der Waals surface area contributed by atoms with E-state index in [4.69, 9.17) is 6.42 Å². The van der Waals surface area contributed by atoms with E-state index in [1.54, 1.807) is 6.07 Å². The number of likely N-dealkylation sites (N-methyl/N-ethyl adjacent to an activating group) is 1. The predicted molar refractivity (Wildman–Crippen MR) is 79.2 cm³/mol. The van der Waals surface area contributed by atoms with Crippen molar-refractivity contribution >= 4 is 11.7 Å². The first-order chi connectivity index (χ1) is 9.19. The average Bonchev–Trinajstić information content (AvgIpc) is 2.44. The zero-order valence-corrected chi connectivity index (χ0v) is 11.6. The second-order valence-electron chi connectivity index (χ2n) is 4.13. The Hall–Kier alpha value is -1.99. The number of urea groups is 1. The summed E-state index contributed by atoms with van der Waals surface area (Å²) in [6.45, 7) is 7.67. The van der Waals surface area contributed by atoms with Crippen LogP contribution in [0.2, 0.25) is 0 Å². The molecule has 4 heteroatoms. The summed E-state index contributed by atoms with van der Waals surface area (Å²) >= 11 is 0. The van der Waals surface area contributed by atoms with Gasteiger partial charge < -0.3 is 15.5 Å². The summed E-state index contributed by atoms with van der Waals surface area (Å²) in [4.78, 5) is 13.9. The van der Waals surface area contributed by atoms with E-state index in [0.717, 1.165) is 25.2 Å². The van der Waals surface area contributed by atoms with E-state index in [2.05, 4.69) is 35.3 Å². The summed E-state index contributed by atoms with van der Waals surface area (Å²) < 4.78 is 0. The van der Waals surface area contributed by atoms with E-state index < -0.39 is 0 Å². The molecule has 0 radical (unpaired) electrons. The monoisotopic (exact) mass is 259 g/mol. The number of carbonyl (C=O) groups excluding carboxylic acids is 1. The molecule has 4 nitrogen and oxygen atoms in total. The summed E-state index contributed by atoms with van der Waals surface area (Å²) in [5.74, 6) is 2.54. The average molecular weight is 259 g/mol. The van der Waals surface area contributed by atoms with Gasteiger partial charge in [0.05, 0.1) is 0 Å². The van der Waals surface area contributed by atoms with Crippen LogP contribution in [0, 0.1) is 12.3 Å². The third-order valence-electron chi connectivity index (χ3n) is 2.90. The minimum atomic E-state index is -0.207. The van der Waals surface area contributed by atoms with Gasteiger partial charge in [0.2, 0.25) is 0 Å². The van der Waals surface area contributed by atoms with Gasteiger partial charge in [0.15, 0.2) is 0 Å². The fraction of sp³-hybridized carbons (Fsp3) is 0.400. The standard InChI is InChI=1S/C15H21N3O/c1-4-13-8-7-9-14(12-13)17-15(19)16-10-11-18(5-2)6-3/h1,7-9,12H,5-6,10-11H2,2-3H3,(H2,16,17,19). The van der Waals surface area contributed by atoms with Gasteiger partial charge in [-0.3, -0.25) is 0 Å². The van der Waals surface area contributed by atoms with Crippen molar-refractivity contribution in [3.05, 3.63) is 29.8 Å². The van der Waals surface area contributed by atoms with Crippen LogP contribution in [0.25, 0.3) is 0 Å². The van der Waals surface area contributed by atoms with E-state index in [1.165, 1.54) is 0 Å². The number of nitrogens with zero attached hydrogens (tertiary/aromatic N) is 1. The lowest BCUT2D eigenvalue weighted by atomic mass is 10.2. The van der Waals surface area contributed by atoms with Gasteiger partial charge in [-0.05, 0) is 31.3 Å². The molecule has 0 aromatic heterocycles. The molecule has 0 spiro atoms. The molecule has 0 bridgehead atoms. The molecule has 102 valence electrons. The number of nitrogens with one attached hydrogen (secondary N) is 2. The highest BCUT2D eigenvalue weighted by atomic mass is 16.2. The summed E-state index contributed by atoms with van der Waals surface area (Å²) in [5.41, 5.74) is 1.46. The van der Waals surface area contributed by atoms with Crippen LogP contribution in [0.3, 0.4) is 0 Å². The lowest BCUT2D eigenvalue weighted by Crippen LogP contribution is -2.36. The Kier molecular flexibility index (Phi) is 6.48. The molecular weight excluding hydrogens is 238 g/mol. The van der Waals surface area contributed by atoms with Crippen molar-refractivity contribution in [1.29, 1.82) is 0 Å². The molecule has 0 fully saturated rings. The zero-order valence-electron chi connectivity index (χ0n) is 11.6. The maximum Gasteiger partial charge on any atom is 0.319 e. The Morgan fingerprint density at radius 3 is 2.74 bits per heavy atom. The lowest BCUT2D eigenvalue weighted by molar-refractivity contribution is 0.248. The number of carbonyl (C=O) groups is 1. The molecule has 1 rings (SSSR count). The third-order valence-corrected chi connectivity index (χ3v) is 2.90. The molecule has 0 saturated carbocycles. The third kappa shape index (κ3) is 5.45. The number of hydrogen-bond donors (Lipinski definition) is 2. The van der Waals surface area contributed by atoms with Crippen molar-refractivity contribution in [2.45, 2.75) is 13.8 Å². The number of anilines is 1. The van der Waals surface area contributed by atoms with E-state index in [9.17, 15) is 4.79 Å². The lowest BCUT2D eigenvalue weighted by Gasteiger charge is -2.18. The minimum absolute atomic E-state index is 0.207. The van der Waals surface area contributed by atoms with Crippen LogP contribution in [-0.4, -0.2) is 37.1 Å². The highest BCUT2D eigenvalue weighted by molar-refractivity contribution is 5.89. The van der Waals surface area contributed by atoms with Gasteiger partial charge in [-0.25, -0.2) is 4.79 Å². The van der Waals surface area contributed by atoms with Gasteiger partial charge in [0.25, 0.3) is 0 Å². The molecule has 0 aliphatic carbocycles. The highest BCUT2D eigenvalue weighted by Crippen LogP contribution is 2.09. The summed E-state index contributed by atoms with van der Waals surface area (Å²) in [6.07, 6.45) is 5.31. The van der Waals surface area contributed by atoms with Crippen molar-refractivity contribution < 1.29 is 4.79 Å². The van der Waals surface area contributed by atoms with Gasteiger partial charge in [-0.15, -0.1) is 6.42 Å². The second kappa shape index (κ2) is 8.17. The van der Waals surface area contributed by atoms with Gasteiger partial charge >= 0.3 is 6.03 Å². The van der Waals surface area contributed by atoms with Crippen molar-refractivity contribution in [3.63, 3.8) is 0 Å². The molecule has 19 heavy (non-hydrogen) atoms. The molecule has 0 saturated heterocycles. The SMILES string of the molecule is C#Cc1cccc(NC(=O)NCCN(CC)CC)c1. The van der Waals surface area contributed by atoms with E-state index in [0.29, 0.717) is 12.2 Å². The number of rotatable bonds is 6. The Morgan fingerprint density at radius 2 is 2.11 bits per heavy atom. The molecular formula is C15H21N3O. The molecule has 0 aliphatic heterocycles. The minimum Gasteiger partial charge on any atom is -0.337 e. The number of terminal acetylenes is 1. The number of amides is 2. The van der Waals surface area contributed by atoms with Crippen molar-refractivity contribution in [2.75, 3.05) is 31.5 Å². The van der Waals surface area contributed by atoms with Crippen LogP contribution in [-0.2, 0) is 0 Å². The Labute approximate surface area is 115 Å². The fourth-order valence-electron chi connectivity index (χ4n) is 1.73. The Morgan fingerprint density at radius 1 is 1.37 bits per heavy atom. The molecule has 2 amide bonds. The first kappa shape index (κ1) is 15.1. The second-order valence-corrected chi connectivity index (χ2v) is 4.13. The van der Waals surface area contributed by atoms with Crippen LogP contribution in [0.15, 0.2) is 24.3 Å². The van der Waals surface area contributed by atoms with Crippen LogP contribution < -0.4 is 10.6 Å². The first-order valence-electron chi connectivity index (χ1n) is 6.53. The van der Waals surface area contributed by atoms with Gasteiger partial charge in [0.1, 0.15) is 0 Å². The fourth-order valence-corrected chi connectivity index (χ4v) is 1.73. The maximum absolute atomic E-state index is 11.7. The van der Waals surface area contributed by atoms with Crippen molar-refractivity contribution in [2.24, 2.45) is 0 Å². The molecule has 0 heterocycles. The molecule has 2 N–H and O–H groups in total. The Bertz CT molecular complexity index is 447. The molecule has 1 aromatic carbocycles. The molecule has 0 unspecified atom stereocenters. The predicted octanol–water partition coefficient (Wildman–Crippen LogP) is 2.13. The topological polar surface area (TPSA) is 44.4 Å². The smallest absolute Gasteiger partial charge is 0.319 e. The summed E-state index contributed by atoms with van der Waals surface area (Å²) in [5, 5.41) is 5.59. The largest absolute Gasteiger partial charge is 0.337 e. The molecule has 1 aromatic rings. The van der Waals surface area contributed by atoms with Crippen LogP contribution in [0.4, 0.5) is 10.5 Å².